The van der Waals surface area contributed by atoms with Crippen LogP contribution >= 0.6 is 0 Å². The van der Waals surface area contributed by atoms with Crippen LogP contribution in [0, 0.1) is 0 Å². The molecule has 0 bridgehead atoms. The quantitative estimate of drug-likeness (QED) is 0.850. The van der Waals surface area contributed by atoms with Gasteiger partial charge < -0.3 is 14.8 Å². The van der Waals surface area contributed by atoms with Gasteiger partial charge in [0.15, 0.2) is 0 Å². The monoisotopic (exact) mass is 221 g/mol. The number of rotatable bonds is 3. The fraction of sp³-hybridized carbons (Fsp3) is 0.538. The summed E-state index contributed by atoms with van der Waals surface area (Å²) in [4.78, 5) is 0. The van der Waals surface area contributed by atoms with Gasteiger partial charge in [0, 0.05) is 18.9 Å². The Kier molecular flexibility index (Phi) is 3.06. The highest BCUT2D eigenvalue weighted by molar-refractivity contribution is 5.58. The van der Waals surface area contributed by atoms with Crippen LogP contribution in [0.3, 0.4) is 0 Å². The molecule has 0 aromatic heterocycles. The van der Waals surface area contributed by atoms with Crippen LogP contribution < -0.4 is 10.1 Å². The van der Waals surface area contributed by atoms with Gasteiger partial charge in [0.2, 0.25) is 0 Å². The predicted octanol–water partition coefficient (Wildman–Crippen LogP) is 2.46. The van der Waals surface area contributed by atoms with Gasteiger partial charge in [0.05, 0.1) is 19.3 Å². The van der Waals surface area contributed by atoms with Crippen LogP contribution in [0.2, 0.25) is 0 Å². The Morgan fingerprint density at radius 3 is 2.88 bits per heavy atom. The molecule has 88 valence electrons. The zero-order valence-corrected chi connectivity index (χ0v) is 10.2. The van der Waals surface area contributed by atoms with Crippen LogP contribution in [0.15, 0.2) is 18.2 Å². The van der Waals surface area contributed by atoms with Gasteiger partial charge in [-0.15, -0.1) is 0 Å². The standard InChI is InChI=1S/C13H19NO2/c1-13(9-15-2)7-6-10-4-5-11(16-3)8-12(10)14-13/h4-5,8,14H,6-7,9H2,1-3H3. The van der Waals surface area contributed by atoms with E-state index in [-0.39, 0.29) is 5.54 Å². The second-order valence-corrected chi connectivity index (χ2v) is 4.64. The average molecular weight is 221 g/mol. The number of benzene rings is 1. The molecule has 3 nitrogen and oxygen atoms in total. The van der Waals surface area contributed by atoms with Crippen LogP contribution in [-0.4, -0.2) is 26.4 Å². The number of nitrogens with one attached hydrogen (secondary N) is 1. The number of hydrogen-bond acceptors (Lipinski definition) is 3. The average Bonchev–Trinajstić information content (AvgIpc) is 2.28. The summed E-state index contributed by atoms with van der Waals surface area (Å²) in [5, 5.41) is 3.54. The lowest BCUT2D eigenvalue weighted by Gasteiger charge is -2.36. The molecule has 0 saturated heterocycles. The third-order valence-corrected chi connectivity index (χ3v) is 3.16. The summed E-state index contributed by atoms with van der Waals surface area (Å²) >= 11 is 0. The molecule has 0 saturated carbocycles. The highest BCUT2D eigenvalue weighted by atomic mass is 16.5. The van der Waals surface area contributed by atoms with E-state index in [2.05, 4.69) is 24.4 Å². The van der Waals surface area contributed by atoms with Gasteiger partial charge in [0.25, 0.3) is 0 Å². The van der Waals surface area contributed by atoms with E-state index in [1.54, 1.807) is 14.2 Å². The number of ether oxygens (including phenoxy) is 2. The molecule has 0 amide bonds. The Labute approximate surface area is 96.8 Å². The fourth-order valence-corrected chi connectivity index (χ4v) is 2.24. The van der Waals surface area contributed by atoms with Crippen molar-refractivity contribution in [1.29, 1.82) is 0 Å². The molecular weight excluding hydrogens is 202 g/mol. The molecule has 1 aliphatic rings. The molecule has 1 atom stereocenters. The minimum atomic E-state index is 0.0358. The summed E-state index contributed by atoms with van der Waals surface area (Å²) in [6.45, 7) is 2.92. The van der Waals surface area contributed by atoms with E-state index in [9.17, 15) is 0 Å². The van der Waals surface area contributed by atoms with E-state index >= 15 is 0 Å². The lowest BCUT2D eigenvalue weighted by atomic mass is 9.88. The number of fused-ring (bicyclic) bond motifs is 1. The van der Waals surface area contributed by atoms with Crippen molar-refractivity contribution in [3.8, 4) is 5.75 Å². The SMILES string of the molecule is COCC1(C)CCc2ccc(OC)cc2N1. The maximum atomic E-state index is 5.26. The third kappa shape index (κ3) is 2.14. The fourth-order valence-electron chi connectivity index (χ4n) is 2.24. The van der Waals surface area contributed by atoms with Crippen molar-refractivity contribution in [3.05, 3.63) is 23.8 Å². The zero-order chi connectivity index (χ0) is 11.6. The van der Waals surface area contributed by atoms with E-state index in [4.69, 9.17) is 9.47 Å². The van der Waals surface area contributed by atoms with Crippen molar-refractivity contribution >= 4 is 5.69 Å². The molecule has 1 aliphatic heterocycles. The normalized spacial score (nSPS) is 23.4. The van der Waals surface area contributed by atoms with Gasteiger partial charge in [-0.2, -0.15) is 0 Å². The molecule has 1 N–H and O–H groups in total. The van der Waals surface area contributed by atoms with E-state index in [0.29, 0.717) is 0 Å². The topological polar surface area (TPSA) is 30.5 Å². The molecule has 3 heteroatoms. The van der Waals surface area contributed by atoms with Crippen molar-refractivity contribution in [1.82, 2.24) is 0 Å². The number of hydrogen-bond donors (Lipinski definition) is 1. The van der Waals surface area contributed by atoms with Crippen LogP contribution in [0.1, 0.15) is 18.9 Å². The summed E-state index contributed by atoms with van der Waals surface area (Å²) in [5.41, 5.74) is 2.56. The van der Waals surface area contributed by atoms with E-state index in [1.807, 2.05) is 6.07 Å². The van der Waals surface area contributed by atoms with Crippen LogP contribution in [0.5, 0.6) is 5.75 Å². The minimum absolute atomic E-state index is 0.0358. The molecule has 0 fully saturated rings. The Hall–Kier alpha value is -1.22. The van der Waals surface area contributed by atoms with Gasteiger partial charge in [-0.05, 0) is 31.4 Å². The Balaban J connectivity index is 2.24. The maximum absolute atomic E-state index is 5.26. The summed E-state index contributed by atoms with van der Waals surface area (Å²) in [6, 6.07) is 6.20. The van der Waals surface area contributed by atoms with Gasteiger partial charge in [0.1, 0.15) is 5.75 Å². The number of anilines is 1. The molecule has 2 rings (SSSR count). The molecule has 1 aromatic carbocycles. The number of aryl methyl sites for hydroxylation is 1. The lowest BCUT2D eigenvalue weighted by Crippen LogP contribution is -2.42. The van der Waals surface area contributed by atoms with Gasteiger partial charge in [-0.3, -0.25) is 0 Å². The highest BCUT2D eigenvalue weighted by Crippen LogP contribution is 2.33. The molecular formula is C13H19NO2. The minimum Gasteiger partial charge on any atom is -0.497 e. The first-order valence-electron chi connectivity index (χ1n) is 5.61. The van der Waals surface area contributed by atoms with Crippen LogP contribution in [0.25, 0.3) is 0 Å². The molecule has 1 aromatic rings. The second-order valence-electron chi connectivity index (χ2n) is 4.64. The van der Waals surface area contributed by atoms with Crippen molar-refractivity contribution in [2.75, 3.05) is 26.1 Å². The largest absolute Gasteiger partial charge is 0.497 e. The smallest absolute Gasteiger partial charge is 0.120 e. The van der Waals surface area contributed by atoms with Gasteiger partial charge in [-0.1, -0.05) is 6.07 Å². The number of methoxy groups -OCH3 is 2. The van der Waals surface area contributed by atoms with Crippen molar-refractivity contribution in [2.45, 2.75) is 25.3 Å². The summed E-state index contributed by atoms with van der Waals surface area (Å²) < 4.78 is 10.5. The van der Waals surface area contributed by atoms with Crippen LogP contribution in [-0.2, 0) is 11.2 Å². The van der Waals surface area contributed by atoms with Crippen molar-refractivity contribution in [2.24, 2.45) is 0 Å². The second kappa shape index (κ2) is 4.34. The Bertz CT molecular complexity index is 378. The first-order valence-corrected chi connectivity index (χ1v) is 5.61. The summed E-state index contributed by atoms with van der Waals surface area (Å²) in [5.74, 6) is 0.896. The molecule has 0 spiro atoms. The molecule has 1 unspecified atom stereocenters. The molecule has 1 heterocycles. The van der Waals surface area contributed by atoms with Crippen molar-refractivity contribution < 1.29 is 9.47 Å². The maximum Gasteiger partial charge on any atom is 0.120 e. The van der Waals surface area contributed by atoms with E-state index < -0.39 is 0 Å². The molecule has 0 aliphatic carbocycles. The van der Waals surface area contributed by atoms with Crippen molar-refractivity contribution in [3.63, 3.8) is 0 Å². The third-order valence-electron chi connectivity index (χ3n) is 3.16. The van der Waals surface area contributed by atoms with E-state index in [0.717, 1.165) is 25.2 Å². The molecule has 16 heavy (non-hydrogen) atoms. The lowest BCUT2D eigenvalue weighted by molar-refractivity contribution is 0.144. The Morgan fingerprint density at radius 2 is 2.19 bits per heavy atom. The van der Waals surface area contributed by atoms with E-state index in [1.165, 1.54) is 11.3 Å². The van der Waals surface area contributed by atoms with Gasteiger partial charge >= 0.3 is 0 Å². The summed E-state index contributed by atoms with van der Waals surface area (Å²) in [7, 11) is 3.44. The Morgan fingerprint density at radius 1 is 1.38 bits per heavy atom. The summed E-state index contributed by atoms with van der Waals surface area (Å²) in [6.07, 6.45) is 2.19. The first kappa shape index (κ1) is 11.3. The predicted molar refractivity (Wildman–Crippen MR) is 65.2 cm³/mol. The highest BCUT2D eigenvalue weighted by Gasteiger charge is 2.29. The zero-order valence-electron chi connectivity index (χ0n) is 10.2. The van der Waals surface area contributed by atoms with Gasteiger partial charge in [-0.25, -0.2) is 0 Å². The first-order chi connectivity index (χ1) is 7.67. The van der Waals surface area contributed by atoms with Crippen LogP contribution in [0.4, 0.5) is 5.69 Å². The molecule has 0 radical (unpaired) electrons.